The third kappa shape index (κ3) is 3.26. The molecule has 0 bridgehead atoms. The molecule has 2 heterocycles. The fourth-order valence-corrected chi connectivity index (χ4v) is 3.63. The number of rotatable bonds is 3. The number of nitrogens with zero attached hydrogens (tertiary/aromatic N) is 1. The SMILES string of the molecule is O=C(Nc1ccccc1F)C1CC1C(=O)N1CCC2(CC1)OCCO2. The molecule has 6 nitrogen and oxygen atoms in total. The van der Waals surface area contributed by atoms with E-state index in [1.807, 2.05) is 0 Å². The van der Waals surface area contributed by atoms with Crippen molar-refractivity contribution in [3.63, 3.8) is 0 Å². The van der Waals surface area contributed by atoms with Crippen LogP contribution in [0.3, 0.4) is 0 Å². The summed E-state index contributed by atoms with van der Waals surface area (Å²) in [5, 5.41) is 2.57. The molecule has 2 aliphatic heterocycles. The van der Waals surface area contributed by atoms with Gasteiger partial charge in [0.2, 0.25) is 11.8 Å². The quantitative estimate of drug-likeness (QED) is 0.904. The van der Waals surface area contributed by atoms with E-state index < -0.39 is 11.6 Å². The minimum absolute atomic E-state index is 0.00142. The van der Waals surface area contributed by atoms with Crippen molar-refractivity contribution in [1.29, 1.82) is 0 Å². The highest BCUT2D eigenvalue weighted by Crippen LogP contribution is 2.42. The van der Waals surface area contributed by atoms with Crippen LogP contribution in [0.25, 0.3) is 0 Å². The second-order valence-electron chi connectivity index (χ2n) is 6.85. The van der Waals surface area contributed by atoms with Crippen LogP contribution in [-0.4, -0.2) is 48.8 Å². The molecule has 1 aromatic rings. The van der Waals surface area contributed by atoms with Crippen molar-refractivity contribution >= 4 is 17.5 Å². The molecule has 1 aromatic carbocycles. The van der Waals surface area contributed by atoms with Gasteiger partial charge in [-0.15, -0.1) is 0 Å². The highest BCUT2D eigenvalue weighted by Gasteiger charge is 2.51. The number of benzene rings is 1. The van der Waals surface area contributed by atoms with Crippen molar-refractivity contribution in [2.24, 2.45) is 11.8 Å². The normalized spacial score (nSPS) is 27.3. The smallest absolute Gasteiger partial charge is 0.228 e. The number of para-hydroxylation sites is 1. The lowest BCUT2D eigenvalue weighted by molar-refractivity contribution is -0.187. The number of likely N-dealkylation sites (tertiary alicyclic amines) is 1. The second kappa shape index (κ2) is 6.38. The van der Waals surface area contributed by atoms with Crippen molar-refractivity contribution in [3.05, 3.63) is 30.1 Å². The third-order valence-electron chi connectivity index (χ3n) is 5.23. The fourth-order valence-electron chi connectivity index (χ4n) is 3.63. The lowest BCUT2D eigenvalue weighted by Crippen LogP contribution is -2.48. The van der Waals surface area contributed by atoms with Crippen LogP contribution < -0.4 is 5.32 Å². The van der Waals surface area contributed by atoms with E-state index in [0.717, 1.165) is 0 Å². The standard InChI is InChI=1S/C18H21FN2O4/c19-14-3-1-2-4-15(14)20-16(22)12-11-13(12)17(23)21-7-5-18(6-8-21)24-9-10-25-18/h1-4,12-13H,5-11H2,(H,20,22). The summed E-state index contributed by atoms with van der Waals surface area (Å²) < 4.78 is 24.9. The molecule has 4 rings (SSSR count). The van der Waals surface area contributed by atoms with Gasteiger partial charge in [-0.1, -0.05) is 12.1 Å². The van der Waals surface area contributed by atoms with E-state index in [9.17, 15) is 14.0 Å². The first-order chi connectivity index (χ1) is 12.1. The van der Waals surface area contributed by atoms with E-state index in [-0.39, 0.29) is 29.3 Å². The molecule has 1 N–H and O–H groups in total. The number of carbonyl (C=O) groups is 2. The Morgan fingerprint density at radius 1 is 1.12 bits per heavy atom. The topological polar surface area (TPSA) is 67.9 Å². The Labute approximate surface area is 145 Å². The van der Waals surface area contributed by atoms with Crippen LogP contribution in [-0.2, 0) is 19.1 Å². The first-order valence-electron chi connectivity index (χ1n) is 8.70. The van der Waals surface area contributed by atoms with Crippen LogP contribution in [0.1, 0.15) is 19.3 Å². The summed E-state index contributed by atoms with van der Waals surface area (Å²) >= 11 is 0. The number of anilines is 1. The van der Waals surface area contributed by atoms with Gasteiger partial charge in [0.05, 0.1) is 30.7 Å². The van der Waals surface area contributed by atoms with Gasteiger partial charge in [-0.3, -0.25) is 9.59 Å². The maximum Gasteiger partial charge on any atom is 0.228 e. The average Bonchev–Trinajstić information content (AvgIpc) is 3.31. The molecule has 1 spiro atoms. The molecule has 3 fully saturated rings. The fraction of sp³-hybridized carbons (Fsp3) is 0.556. The van der Waals surface area contributed by atoms with Crippen LogP contribution >= 0.6 is 0 Å². The number of halogens is 1. The van der Waals surface area contributed by atoms with E-state index >= 15 is 0 Å². The number of amides is 2. The molecule has 3 aliphatic rings. The maximum atomic E-state index is 13.6. The second-order valence-corrected chi connectivity index (χ2v) is 6.85. The largest absolute Gasteiger partial charge is 0.347 e. The number of nitrogens with one attached hydrogen (secondary N) is 1. The lowest BCUT2D eigenvalue weighted by atomic mass is 10.0. The molecule has 25 heavy (non-hydrogen) atoms. The molecule has 2 atom stereocenters. The molecular weight excluding hydrogens is 327 g/mol. The Kier molecular flexibility index (Phi) is 4.21. The Morgan fingerprint density at radius 2 is 1.80 bits per heavy atom. The first-order valence-corrected chi connectivity index (χ1v) is 8.70. The molecule has 1 aliphatic carbocycles. The van der Waals surface area contributed by atoms with Gasteiger partial charge in [-0.05, 0) is 18.6 Å². The minimum Gasteiger partial charge on any atom is -0.347 e. The molecular formula is C18H21FN2O4. The van der Waals surface area contributed by atoms with E-state index in [4.69, 9.17) is 9.47 Å². The van der Waals surface area contributed by atoms with Gasteiger partial charge in [0.15, 0.2) is 5.79 Å². The summed E-state index contributed by atoms with van der Waals surface area (Å²) in [6.07, 6.45) is 1.85. The van der Waals surface area contributed by atoms with E-state index in [1.165, 1.54) is 12.1 Å². The molecule has 134 valence electrons. The first kappa shape index (κ1) is 16.5. The zero-order valence-corrected chi connectivity index (χ0v) is 13.9. The van der Waals surface area contributed by atoms with Crippen molar-refractivity contribution in [2.75, 3.05) is 31.6 Å². The predicted molar refractivity (Wildman–Crippen MR) is 87.1 cm³/mol. The molecule has 7 heteroatoms. The molecule has 1 saturated carbocycles. The summed E-state index contributed by atoms with van der Waals surface area (Å²) in [5.74, 6) is -1.95. The summed E-state index contributed by atoms with van der Waals surface area (Å²) in [6.45, 7) is 2.37. The number of hydrogen-bond acceptors (Lipinski definition) is 4. The lowest BCUT2D eigenvalue weighted by Gasteiger charge is -2.37. The van der Waals surface area contributed by atoms with Crippen LogP contribution in [0.2, 0.25) is 0 Å². The summed E-state index contributed by atoms with van der Waals surface area (Å²) in [6, 6.07) is 6.03. The maximum absolute atomic E-state index is 13.6. The average molecular weight is 348 g/mol. The van der Waals surface area contributed by atoms with E-state index in [0.29, 0.717) is 45.6 Å². The number of piperidine rings is 1. The summed E-state index contributed by atoms with van der Waals surface area (Å²) in [4.78, 5) is 26.6. The molecule has 0 radical (unpaired) electrons. The monoisotopic (exact) mass is 348 g/mol. The highest BCUT2D eigenvalue weighted by atomic mass is 19.1. The van der Waals surface area contributed by atoms with Gasteiger partial charge in [0.25, 0.3) is 0 Å². The Hall–Kier alpha value is -1.99. The van der Waals surface area contributed by atoms with Crippen LogP contribution in [0.5, 0.6) is 0 Å². The summed E-state index contributed by atoms with van der Waals surface area (Å²) in [7, 11) is 0. The number of carbonyl (C=O) groups excluding carboxylic acids is 2. The highest BCUT2D eigenvalue weighted by molar-refractivity contribution is 5.99. The van der Waals surface area contributed by atoms with E-state index in [2.05, 4.69) is 5.32 Å². The number of ether oxygens (including phenoxy) is 2. The number of hydrogen-bond donors (Lipinski definition) is 1. The predicted octanol–water partition coefficient (Wildman–Crippen LogP) is 1.77. The Morgan fingerprint density at radius 3 is 2.48 bits per heavy atom. The van der Waals surface area contributed by atoms with Crippen LogP contribution in [0.4, 0.5) is 10.1 Å². The summed E-state index contributed by atoms with van der Waals surface area (Å²) in [5.41, 5.74) is 0.154. The van der Waals surface area contributed by atoms with Crippen molar-refractivity contribution in [3.8, 4) is 0 Å². The molecule has 2 unspecified atom stereocenters. The van der Waals surface area contributed by atoms with Gasteiger partial charge < -0.3 is 19.7 Å². The van der Waals surface area contributed by atoms with Gasteiger partial charge >= 0.3 is 0 Å². The van der Waals surface area contributed by atoms with Gasteiger partial charge in [-0.25, -0.2) is 4.39 Å². The minimum atomic E-state index is -0.512. The van der Waals surface area contributed by atoms with Crippen molar-refractivity contribution in [2.45, 2.75) is 25.0 Å². The Bertz CT molecular complexity index is 679. The zero-order valence-electron chi connectivity index (χ0n) is 13.9. The van der Waals surface area contributed by atoms with Crippen LogP contribution in [0.15, 0.2) is 24.3 Å². The van der Waals surface area contributed by atoms with Crippen molar-refractivity contribution in [1.82, 2.24) is 4.90 Å². The molecule has 2 saturated heterocycles. The van der Waals surface area contributed by atoms with Crippen molar-refractivity contribution < 1.29 is 23.5 Å². The van der Waals surface area contributed by atoms with Gasteiger partial charge in [0, 0.05) is 25.9 Å². The zero-order chi connectivity index (χ0) is 17.4. The molecule has 0 aromatic heterocycles. The third-order valence-corrected chi connectivity index (χ3v) is 5.23. The van der Waals surface area contributed by atoms with Gasteiger partial charge in [0.1, 0.15) is 5.82 Å². The molecule has 2 amide bonds. The van der Waals surface area contributed by atoms with E-state index in [1.54, 1.807) is 17.0 Å². The van der Waals surface area contributed by atoms with Gasteiger partial charge in [-0.2, -0.15) is 0 Å². The Balaban J connectivity index is 1.30. The van der Waals surface area contributed by atoms with Crippen LogP contribution in [0, 0.1) is 17.7 Å².